The number of methoxy groups -OCH3 is 1. The standard InChI is InChI=1S/C17H15Cl2NO4/c1-23-14-4-2-3-11(7-14)17(22)20-9-16(21)24-10-12-5-6-13(18)8-15(12)19/h2-8H,9-10H2,1H3,(H,20,22). The van der Waals surface area contributed by atoms with Crippen LogP contribution in [0.25, 0.3) is 0 Å². The van der Waals surface area contributed by atoms with Gasteiger partial charge in [-0.15, -0.1) is 0 Å². The van der Waals surface area contributed by atoms with Crippen LogP contribution < -0.4 is 10.1 Å². The Morgan fingerprint density at radius 3 is 2.62 bits per heavy atom. The minimum Gasteiger partial charge on any atom is -0.497 e. The Labute approximate surface area is 149 Å². The molecule has 0 aliphatic rings. The van der Waals surface area contributed by atoms with Gasteiger partial charge in [-0.1, -0.05) is 35.3 Å². The summed E-state index contributed by atoms with van der Waals surface area (Å²) in [6.45, 7) is -0.245. The highest BCUT2D eigenvalue weighted by Gasteiger charge is 2.10. The van der Waals surface area contributed by atoms with Gasteiger partial charge in [-0.3, -0.25) is 9.59 Å². The van der Waals surface area contributed by atoms with Gasteiger partial charge in [0.25, 0.3) is 5.91 Å². The summed E-state index contributed by atoms with van der Waals surface area (Å²) in [6.07, 6.45) is 0. The maximum Gasteiger partial charge on any atom is 0.325 e. The monoisotopic (exact) mass is 367 g/mol. The fraction of sp³-hybridized carbons (Fsp3) is 0.176. The fourth-order valence-corrected chi connectivity index (χ4v) is 2.33. The van der Waals surface area contributed by atoms with Crippen molar-refractivity contribution in [3.05, 3.63) is 63.6 Å². The molecule has 0 radical (unpaired) electrons. The Bertz CT molecular complexity index is 749. The number of esters is 1. The second-order valence-electron chi connectivity index (χ2n) is 4.81. The SMILES string of the molecule is COc1cccc(C(=O)NCC(=O)OCc2ccc(Cl)cc2Cl)c1. The predicted octanol–water partition coefficient (Wildman–Crippen LogP) is 3.48. The van der Waals surface area contributed by atoms with Crippen molar-refractivity contribution in [2.75, 3.05) is 13.7 Å². The maximum absolute atomic E-state index is 12.0. The number of benzene rings is 2. The minimum atomic E-state index is -0.572. The van der Waals surface area contributed by atoms with Gasteiger partial charge in [-0.2, -0.15) is 0 Å². The van der Waals surface area contributed by atoms with Crippen molar-refractivity contribution in [1.82, 2.24) is 5.32 Å². The van der Waals surface area contributed by atoms with E-state index in [9.17, 15) is 9.59 Å². The van der Waals surface area contributed by atoms with Gasteiger partial charge in [0.2, 0.25) is 0 Å². The average molecular weight is 368 g/mol. The summed E-state index contributed by atoms with van der Waals surface area (Å²) in [4.78, 5) is 23.7. The molecule has 0 spiro atoms. The smallest absolute Gasteiger partial charge is 0.325 e. The topological polar surface area (TPSA) is 64.6 Å². The molecule has 2 rings (SSSR count). The lowest BCUT2D eigenvalue weighted by atomic mass is 10.2. The van der Waals surface area contributed by atoms with Crippen molar-refractivity contribution in [2.24, 2.45) is 0 Å². The molecule has 0 atom stereocenters. The highest BCUT2D eigenvalue weighted by Crippen LogP contribution is 2.21. The van der Waals surface area contributed by atoms with Gasteiger partial charge in [-0.25, -0.2) is 0 Å². The van der Waals surface area contributed by atoms with E-state index < -0.39 is 11.9 Å². The summed E-state index contributed by atoms with van der Waals surface area (Å²) in [7, 11) is 1.51. The summed E-state index contributed by atoms with van der Waals surface area (Å²) in [5.74, 6) is -0.407. The molecule has 1 amide bonds. The number of ether oxygens (including phenoxy) is 2. The second-order valence-corrected chi connectivity index (χ2v) is 5.65. The normalized spacial score (nSPS) is 10.1. The van der Waals surface area contributed by atoms with Gasteiger partial charge in [-0.05, 0) is 30.3 Å². The molecule has 0 aliphatic heterocycles. The van der Waals surface area contributed by atoms with E-state index in [1.54, 1.807) is 42.5 Å². The lowest BCUT2D eigenvalue weighted by Gasteiger charge is -2.08. The van der Waals surface area contributed by atoms with Gasteiger partial charge in [0.05, 0.1) is 7.11 Å². The molecule has 0 aromatic heterocycles. The third-order valence-corrected chi connectivity index (χ3v) is 3.72. The Morgan fingerprint density at radius 2 is 1.92 bits per heavy atom. The number of rotatable bonds is 6. The lowest BCUT2D eigenvalue weighted by molar-refractivity contribution is -0.143. The second kappa shape index (κ2) is 8.57. The molecule has 126 valence electrons. The van der Waals surface area contributed by atoms with Crippen LogP contribution in [0.5, 0.6) is 5.75 Å². The molecule has 7 heteroatoms. The summed E-state index contributed by atoms with van der Waals surface area (Å²) in [6, 6.07) is 11.5. The van der Waals surface area contributed by atoms with Crippen LogP contribution in [0, 0.1) is 0 Å². The highest BCUT2D eigenvalue weighted by atomic mass is 35.5. The molecular formula is C17H15Cl2NO4. The first-order valence-electron chi connectivity index (χ1n) is 7.01. The average Bonchev–Trinajstić information content (AvgIpc) is 2.59. The summed E-state index contributed by atoms with van der Waals surface area (Å²) in [5.41, 5.74) is 1.02. The first kappa shape index (κ1) is 18.1. The van der Waals surface area contributed by atoms with Gasteiger partial charge in [0, 0.05) is 21.2 Å². The van der Waals surface area contributed by atoms with E-state index in [-0.39, 0.29) is 13.2 Å². The van der Waals surface area contributed by atoms with Crippen LogP contribution in [0.15, 0.2) is 42.5 Å². The Morgan fingerprint density at radius 1 is 1.12 bits per heavy atom. The van der Waals surface area contributed by atoms with Gasteiger partial charge < -0.3 is 14.8 Å². The molecule has 0 saturated heterocycles. The molecule has 0 fully saturated rings. The minimum absolute atomic E-state index is 0.00384. The zero-order chi connectivity index (χ0) is 17.5. The molecule has 24 heavy (non-hydrogen) atoms. The third kappa shape index (κ3) is 5.15. The molecule has 5 nitrogen and oxygen atoms in total. The van der Waals surface area contributed by atoms with E-state index in [1.807, 2.05) is 0 Å². The Hall–Kier alpha value is -2.24. The highest BCUT2D eigenvalue weighted by molar-refractivity contribution is 6.35. The molecule has 0 unspecified atom stereocenters. The molecular weight excluding hydrogens is 353 g/mol. The van der Waals surface area contributed by atoms with Crippen molar-refractivity contribution in [1.29, 1.82) is 0 Å². The van der Waals surface area contributed by atoms with Crippen molar-refractivity contribution in [3.8, 4) is 5.75 Å². The van der Waals surface area contributed by atoms with Crippen molar-refractivity contribution < 1.29 is 19.1 Å². The van der Waals surface area contributed by atoms with Gasteiger partial charge in [0.1, 0.15) is 18.9 Å². The molecule has 0 bridgehead atoms. The lowest BCUT2D eigenvalue weighted by Crippen LogP contribution is -2.30. The molecule has 1 N–H and O–H groups in total. The summed E-state index contributed by atoms with van der Waals surface area (Å²) in [5, 5.41) is 3.40. The van der Waals surface area contributed by atoms with Crippen molar-refractivity contribution >= 4 is 35.1 Å². The molecule has 0 saturated carbocycles. The zero-order valence-electron chi connectivity index (χ0n) is 12.8. The largest absolute Gasteiger partial charge is 0.497 e. The number of nitrogens with one attached hydrogen (secondary N) is 1. The van der Waals surface area contributed by atoms with Crippen LogP contribution >= 0.6 is 23.2 Å². The Kier molecular flexibility index (Phi) is 6.46. The number of carbonyl (C=O) groups is 2. The number of hydrogen-bond donors (Lipinski definition) is 1. The summed E-state index contributed by atoms with van der Waals surface area (Å²) < 4.78 is 10.1. The van der Waals surface area contributed by atoms with Crippen molar-refractivity contribution in [3.63, 3.8) is 0 Å². The fourth-order valence-electron chi connectivity index (χ4n) is 1.87. The quantitative estimate of drug-likeness (QED) is 0.793. The van der Waals surface area contributed by atoms with E-state index in [4.69, 9.17) is 32.7 Å². The molecule has 0 aliphatic carbocycles. The number of halogens is 2. The molecule has 2 aromatic rings. The van der Waals surface area contributed by atoms with E-state index in [1.165, 1.54) is 7.11 Å². The summed E-state index contributed by atoms with van der Waals surface area (Å²) >= 11 is 11.8. The van der Waals surface area contributed by atoms with Crippen LogP contribution in [0.3, 0.4) is 0 Å². The number of amides is 1. The van der Waals surface area contributed by atoms with E-state index in [2.05, 4.69) is 5.32 Å². The molecule has 2 aromatic carbocycles. The zero-order valence-corrected chi connectivity index (χ0v) is 14.4. The van der Waals surface area contributed by atoms with Crippen LogP contribution in [-0.2, 0) is 16.1 Å². The van der Waals surface area contributed by atoms with Gasteiger partial charge >= 0.3 is 5.97 Å². The number of carbonyl (C=O) groups excluding carboxylic acids is 2. The third-order valence-electron chi connectivity index (χ3n) is 3.13. The first-order valence-corrected chi connectivity index (χ1v) is 7.77. The predicted molar refractivity (Wildman–Crippen MR) is 91.6 cm³/mol. The van der Waals surface area contributed by atoms with Crippen LogP contribution in [-0.4, -0.2) is 25.5 Å². The first-order chi connectivity index (χ1) is 11.5. The van der Waals surface area contributed by atoms with E-state index in [0.29, 0.717) is 26.9 Å². The molecule has 0 heterocycles. The van der Waals surface area contributed by atoms with Crippen LogP contribution in [0.2, 0.25) is 10.0 Å². The maximum atomic E-state index is 12.0. The Balaban J connectivity index is 1.83. The van der Waals surface area contributed by atoms with Gasteiger partial charge in [0.15, 0.2) is 0 Å². The van der Waals surface area contributed by atoms with Crippen molar-refractivity contribution in [2.45, 2.75) is 6.61 Å². The van der Waals surface area contributed by atoms with E-state index in [0.717, 1.165) is 0 Å². The van der Waals surface area contributed by atoms with E-state index >= 15 is 0 Å². The van der Waals surface area contributed by atoms with Crippen LogP contribution in [0.1, 0.15) is 15.9 Å². The number of hydrogen-bond acceptors (Lipinski definition) is 4. The van der Waals surface area contributed by atoms with Crippen LogP contribution in [0.4, 0.5) is 0 Å².